The molecule has 1 atom stereocenters. The van der Waals surface area contributed by atoms with Crippen molar-refractivity contribution >= 4 is 32.6 Å². The molecule has 0 amide bonds. The van der Waals surface area contributed by atoms with Gasteiger partial charge in [-0.2, -0.15) is 0 Å². The van der Waals surface area contributed by atoms with Gasteiger partial charge < -0.3 is 10.5 Å². The van der Waals surface area contributed by atoms with Crippen molar-refractivity contribution in [1.29, 1.82) is 0 Å². The zero-order valence-electron chi connectivity index (χ0n) is 10.8. The summed E-state index contributed by atoms with van der Waals surface area (Å²) < 4.78 is 3.29. The molecule has 0 saturated carbocycles. The normalized spacial score (nSPS) is 30.3. The third-order valence-electron chi connectivity index (χ3n) is 3.49. The maximum Gasteiger partial charge on any atom is 0.173 e. The molecule has 3 N–H and O–H groups in total. The molecule has 1 heterocycles. The Labute approximate surface area is 116 Å². The number of rotatable bonds is 4. The van der Waals surface area contributed by atoms with Gasteiger partial charge in [0.05, 0.1) is 5.04 Å². The second-order valence-electron chi connectivity index (χ2n) is 4.75. The molecule has 100 valence electrons. The van der Waals surface area contributed by atoms with E-state index in [-0.39, 0.29) is 0 Å². The van der Waals surface area contributed by atoms with Crippen molar-refractivity contribution in [3.63, 3.8) is 0 Å². The minimum absolute atomic E-state index is 0.378. The lowest BCUT2D eigenvalue weighted by molar-refractivity contribution is 0.685. The first-order valence-electron chi connectivity index (χ1n) is 6.39. The maximum absolute atomic E-state index is 5.67. The summed E-state index contributed by atoms with van der Waals surface area (Å²) >= 11 is 5.01. The van der Waals surface area contributed by atoms with E-state index in [9.17, 15) is 0 Å². The zero-order valence-corrected chi connectivity index (χ0v) is 12.4. The van der Waals surface area contributed by atoms with E-state index < -0.39 is 10.2 Å². The fourth-order valence-corrected chi connectivity index (χ4v) is 5.26. The highest BCUT2D eigenvalue weighted by Crippen LogP contribution is 2.51. The quantitative estimate of drug-likeness (QED) is 0.614. The summed E-state index contributed by atoms with van der Waals surface area (Å²) in [5, 5.41) is 3.67. The summed E-state index contributed by atoms with van der Waals surface area (Å²) in [6, 6.07) is 0. The van der Waals surface area contributed by atoms with Crippen molar-refractivity contribution < 1.29 is 0 Å². The van der Waals surface area contributed by atoms with E-state index in [0.717, 1.165) is 17.2 Å². The highest BCUT2D eigenvalue weighted by molar-refractivity contribution is 8.46. The molecular formula is C13H21N3S2. The molecule has 0 saturated heterocycles. The van der Waals surface area contributed by atoms with E-state index in [1.807, 2.05) is 6.20 Å². The average Bonchev–Trinajstić information content (AvgIpc) is 2.69. The Morgan fingerprint density at radius 2 is 2.39 bits per heavy atom. The summed E-state index contributed by atoms with van der Waals surface area (Å²) in [6.45, 7) is 2.07. The van der Waals surface area contributed by atoms with E-state index >= 15 is 0 Å². The number of aliphatic imine (C=N–C) groups is 1. The van der Waals surface area contributed by atoms with Gasteiger partial charge in [0.25, 0.3) is 0 Å². The first kappa shape index (κ1) is 13.6. The van der Waals surface area contributed by atoms with Crippen LogP contribution >= 0.6 is 22.4 Å². The van der Waals surface area contributed by atoms with Crippen LogP contribution in [0.15, 0.2) is 28.2 Å². The fourth-order valence-electron chi connectivity index (χ4n) is 2.41. The Hall–Kier alpha value is -0.810. The topological polar surface area (TPSA) is 50.4 Å². The van der Waals surface area contributed by atoms with Crippen molar-refractivity contribution in [2.75, 3.05) is 5.75 Å². The molecule has 0 aromatic carbocycles. The minimum Gasteiger partial charge on any atom is -0.376 e. The molecule has 0 aromatic heterocycles. The van der Waals surface area contributed by atoms with Crippen LogP contribution in [0, 0.1) is 0 Å². The lowest BCUT2D eigenvalue weighted by atomic mass is 9.98. The molecule has 0 bridgehead atoms. The molecule has 0 radical (unpaired) electrons. The van der Waals surface area contributed by atoms with Crippen LogP contribution in [0.25, 0.3) is 0 Å². The predicted octanol–water partition coefficient (Wildman–Crippen LogP) is 3.33. The molecule has 3 nitrogen and oxygen atoms in total. The molecule has 0 spiro atoms. The van der Waals surface area contributed by atoms with Gasteiger partial charge in [0.1, 0.15) is 0 Å². The lowest BCUT2D eigenvalue weighted by Gasteiger charge is -2.35. The molecule has 0 aromatic rings. The molecule has 1 aliphatic carbocycles. The Bertz CT molecular complexity index is 426. The second kappa shape index (κ2) is 5.89. The van der Waals surface area contributed by atoms with E-state index in [1.54, 1.807) is 5.57 Å². The Morgan fingerprint density at radius 1 is 1.56 bits per heavy atom. The zero-order chi connectivity index (χ0) is 13.0. The Balaban J connectivity index is 2.02. The molecule has 1 aliphatic heterocycles. The summed E-state index contributed by atoms with van der Waals surface area (Å²) in [4.78, 5) is 4.38. The number of allylic oxidation sites excluding steroid dienone is 2. The highest BCUT2D eigenvalue weighted by atomic mass is 32.3. The first-order valence-corrected chi connectivity index (χ1v) is 8.67. The van der Waals surface area contributed by atoms with Gasteiger partial charge in [-0.15, -0.1) is 10.2 Å². The third kappa shape index (κ3) is 3.14. The van der Waals surface area contributed by atoms with Gasteiger partial charge in [-0.05, 0) is 56.7 Å². The number of hydrogen-bond donors (Lipinski definition) is 2. The number of hydrogen-bond acceptors (Lipinski definition) is 2. The summed E-state index contributed by atoms with van der Waals surface area (Å²) in [6.07, 6.45) is 10.6. The van der Waals surface area contributed by atoms with Gasteiger partial charge in [-0.1, -0.05) is 11.6 Å². The first-order chi connectivity index (χ1) is 8.62. The van der Waals surface area contributed by atoms with Crippen LogP contribution in [0.2, 0.25) is 0 Å². The van der Waals surface area contributed by atoms with Crippen molar-refractivity contribution in [3.8, 4) is 0 Å². The number of nitrogens with two attached hydrogens (primary N) is 1. The van der Waals surface area contributed by atoms with Crippen LogP contribution in [-0.2, 0) is 0 Å². The van der Waals surface area contributed by atoms with Gasteiger partial charge in [-0.25, -0.2) is 0 Å². The van der Waals surface area contributed by atoms with Crippen LogP contribution in [0.3, 0.4) is 0 Å². The largest absolute Gasteiger partial charge is 0.376 e. The molecular weight excluding hydrogens is 262 g/mol. The van der Waals surface area contributed by atoms with Crippen molar-refractivity contribution in [2.24, 2.45) is 10.7 Å². The Kier molecular flexibility index (Phi) is 4.45. The van der Waals surface area contributed by atoms with Gasteiger partial charge in [0.15, 0.2) is 5.11 Å². The van der Waals surface area contributed by atoms with Crippen molar-refractivity contribution in [3.05, 3.63) is 23.3 Å². The third-order valence-corrected chi connectivity index (χ3v) is 6.90. The van der Waals surface area contributed by atoms with Crippen molar-refractivity contribution in [1.82, 2.24) is 4.72 Å². The Morgan fingerprint density at radius 3 is 2.94 bits per heavy atom. The minimum atomic E-state index is -1.23. The SMILES string of the molecule is CC1=NC=CS1(CCC1=CCCCC1)NC(N)=S. The van der Waals surface area contributed by atoms with E-state index in [0.29, 0.717) is 5.11 Å². The van der Waals surface area contributed by atoms with Crippen molar-refractivity contribution in [2.45, 2.75) is 39.0 Å². The smallest absolute Gasteiger partial charge is 0.173 e. The maximum atomic E-state index is 5.67. The van der Waals surface area contributed by atoms with Gasteiger partial charge in [0.2, 0.25) is 0 Å². The monoisotopic (exact) mass is 283 g/mol. The molecule has 2 rings (SSSR count). The average molecular weight is 283 g/mol. The summed E-state index contributed by atoms with van der Waals surface area (Å²) in [5.74, 6) is 1.06. The molecule has 1 unspecified atom stereocenters. The molecule has 18 heavy (non-hydrogen) atoms. The highest BCUT2D eigenvalue weighted by Gasteiger charge is 2.28. The number of nitrogens with one attached hydrogen (secondary N) is 1. The lowest BCUT2D eigenvalue weighted by Crippen LogP contribution is -2.35. The summed E-state index contributed by atoms with van der Waals surface area (Å²) in [7, 11) is -1.23. The van der Waals surface area contributed by atoms with Crippen LogP contribution in [0.4, 0.5) is 0 Å². The fraction of sp³-hybridized carbons (Fsp3) is 0.538. The number of nitrogens with zero attached hydrogens (tertiary/aromatic N) is 1. The number of thiocarbonyl (C=S) groups is 1. The van der Waals surface area contributed by atoms with Crippen LogP contribution in [0.5, 0.6) is 0 Å². The van der Waals surface area contributed by atoms with Gasteiger partial charge >= 0.3 is 0 Å². The molecule has 0 fully saturated rings. The standard InChI is InChI=1S/C13H21N3S2/c1-11-15-8-10-18(11,16-13(14)17)9-7-12-5-3-2-4-6-12/h5,8,10H,2-4,6-7,9H2,1H3,(H3,14,16,17). The van der Waals surface area contributed by atoms with Crippen LogP contribution in [-0.4, -0.2) is 15.9 Å². The van der Waals surface area contributed by atoms with Crippen LogP contribution < -0.4 is 10.5 Å². The van der Waals surface area contributed by atoms with Gasteiger partial charge in [0, 0.05) is 12.0 Å². The second-order valence-corrected chi connectivity index (χ2v) is 8.26. The van der Waals surface area contributed by atoms with Crippen LogP contribution in [0.1, 0.15) is 39.0 Å². The van der Waals surface area contributed by atoms with E-state index in [2.05, 4.69) is 28.1 Å². The molecule has 5 heteroatoms. The molecule has 2 aliphatic rings. The van der Waals surface area contributed by atoms with E-state index in [1.165, 1.54) is 25.7 Å². The van der Waals surface area contributed by atoms with Gasteiger partial charge in [-0.3, -0.25) is 4.99 Å². The predicted molar refractivity (Wildman–Crippen MR) is 85.8 cm³/mol. The summed E-state index contributed by atoms with van der Waals surface area (Å²) in [5.41, 5.74) is 7.25. The van der Waals surface area contributed by atoms with E-state index in [4.69, 9.17) is 18.0 Å².